The number of nitrogens with two attached hydrogens (primary N) is 1. The number of anilines is 2. The third-order valence-electron chi connectivity index (χ3n) is 2.54. The maximum absolute atomic E-state index is 11.4. The van der Waals surface area contributed by atoms with Gasteiger partial charge in [-0.3, -0.25) is 14.9 Å². The molecule has 0 radical (unpaired) electrons. The molecule has 0 aliphatic rings. The van der Waals surface area contributed by atoms with E-state index in [1.165, 1.54) is 18.2 Å². The average Bonchev–Trinajstić information content (AvgIpc) is 2.40. The van der Waals surface area contributed by atoms with E-state index in [4.69, 9.17) is 10.5 Å². The van der Waals surface area contributed by atoms with Gasteiger partial charge in [0.1, 0.15) is 0 Å². The lowest BCUT2D eigenvalue weighted by atomic mass is 10.2. The first-order chi connectivity index (χ1) is 9.54. The quantitative estimate of drug-likeness (QED) is 0.280. The largest absolute Gasteiger partial charge is 0.397 e. The lowest BCUT2D eigenvalue weighted by Crippen LogP contribution is -2.28. The molecule has 1 rings (SSSR count). The summed E-state index contributed by atoms with van der Waals surface area (Å²) in [6.07, 6.45) is 0.278. The zero-order chi connectivity index (χ0) is 15.0. The predicted molar refractivity (Wildman–Crippen MR) is 75.5 cm³/mol. The second-order valence-corrected chi connectivity index (χ2v) is 4.05. The van der Waals surface area contributed by atoms with Gasteiger partial charge in [0.25, 0.3) is 5.69 Å². The molecule has 0 aliphatic heterocycles. The first-order valence-electron chi connectivity index (χ1n) is 6.08. The number of rotatable bonds is 8. The highest BCUT2D eigenvalue weighted by Gasteiger charge is 2.08. The summed E-state index contributed by atoms with van der Waals surface area (Å²) in [6, 6.07) is 4.16. The number of hydrogen-bond donors (Lipinski definition) is 3. The van der Waals surface area contributed by atoms with Crippen LogP contribution in [0.2, 0.25) is 0 Å². The molecule has 0 fully saturated rings. The smallest absolute Gasteiger partial charge is 0.271 e. The molecule has 20 heavy (non-hydrogen) atoms. The summed E-state index contributed by atoms with van der Waals surface area (Å²) in [4.78, 5) is 21.5. The third kappa shape index (κ3) is 5.11. The number of methoxy groups -OCH3 is 1. The first-order valence-corrected chi connectivity index (χ1v) is 6.08. The topological polar surface area (TPSA) is 120 Å². The molecule has 0 bridgehead atoms. The standard InChI is InChI=1S/C12H18N4O4/c1-20-7-6-15-12(17)4-5-14-11-3-2-9(16(18)19)8-10(11)13/h2-3,8,14H,4-7,13H2,1H3,(H,15,17). The third-order valence-corrected chi connectivity index (χ3v) is 2.54. The van der Waals surface area contributed by atoms with E-state index in [0.29, 0.717) is 25.4 Å². The summed E-state index contributed by atoms with van der Waals surface area (Å²) < 4.78 is 4.81. The van der Waals surface area contributed by atoms with Crippen LogP contribution in [0.4, 0.5) is 17.1 Å². The summed E-state index contributed by atoms with van der Waals surface area (Å²) in [5, 5.41) is 16.2. The lowest BCUT2D eigenvalue weighted by molar-refractivity contribution is -0.384. The highest BCUT2D eigenvalue weighted by Crippen LogP contribution is 2.23. The number of nitro groups is 1. The summed E-state index contributed by atoms with van der Waals surface area (Å²) in [5.41, 5.74) is 6.47. The van der Waals surface area contributed by atoms with Crippen molar-refractivity contribution in [3.63, 3.8) is 0 Å². The molecule has 0 atom stereocenters. The number of nitrogens with zero attached hydrogens (tertiary/aromatic N) is 1. The van der Waals surface area contributed by atoms with Gasteiger partial charge in [0, 0.05) is 38.8 Å². The van der Waals surface area contributed by atoms with Gasteiger partial charge in [0.05, 0.1) is 22.9 Å². The SMILES string of the molecule is COCCNC(=O)CCNc1ccc([N+](=O)[O-])cc1N. The highest BCUT2D eigenvalue weighted by molar-refractivity contribution is 5.77. The molecule has 1 aromatic rings. The van der Waals surface area contributed by atoms with Crippen LogP contribution in [0.25, 0.3) is 0 Å². The van der Waals surface area contributed by atoms with Crippen molar-refractivity contribution < 1.29 is 14.5 Å². The molecule has 8 nitrogen and oxygen atoms in total. The fourth-order valence-corrected chi connectivity index (χ4v) is 1.52. The van der Waals surface area contributed by atoms with E-state index in [0.717, 1.165) is 0 Å². The van der Waals surface area contributed by atoms with Gasteiger partial charge in [-0.05, 0) is 6.07 Å². The van der Waals surface area contributed by atoms with Crippen LogP contribution in [0.5, 0.6) is 0 Å². The molecule has 0 aliphatic carbocycles. The Hall–Kier alpha value is -2.35. The minimum atomic E-state index is -0.511. The highest BCUT2D eigenvalue weighted by atomic mass is 16.6. The molecule has 1 amide bonds. The first kappa shape index (κ1) is 15.7. The number of carbonyl (C=O) groups is 1. The van der Waals surface area contributed by atoms with Crippen molar-refractivity contribution in [3.8, 4) is 0 Å². The van der Waals surface area contributed by atoms with Crippen LogP contribution in [-0.4, -0.2) is 37.6 Å². The Morgan fingerprint density at radius 1 is 1.45 bits per heavy atom. The maximum Gasteiger partial charge on any atom is 0.271 e. The normalized spacial score (nSPS) is 10.1. The van der Waals surface area contributed by atoms with Gasteiger partial charge in [0.15, 0.2) is 0 Å². The number of amides is 1. The fourth-order valence-electron chi connectivity index (χ4n) is 1.52. The molecule has 4 N–H and O–H groups in total. The molecule has 0 aromatic heterocycles. The second kappa shape index (κ2) is 7.95. The Labute approximate surface area is 116 Å². The Balaban J connectivity index is 2.38. The second-order valence-electron chi connectivity index (χ2n) is 4.05. The van der Waals surface area contributed by atoms with Gasteiger partial charge in [0.2, 0.25) is 5.91 Å². The Bertz CT molecular complexity index is 479. The van der Waals surface area contributed by atoms with Crippen LogP contribution < -0.4 is 16.4 Å². The van der Waals surface area contributed by atoms with Gasteiger partial charge in [-0.1, -0.05) is 0 Å². The van der Waals surface area contributed by atoms with E-state index in [2.05, 4.69) is 10.6 Å². The van der Waals surface area contributed by atoms with E-state index < -0.39 is 4.92 Å². The Kier molecular flexibility index (Phi) is 6.24. The van der Waals surface area contributed by atoms with Crippen LogP contribution >= 0.6 is 0 Å². The number of hydrogen-bond acceptors (Lipinski definition) is 6. The lowest BCUT2D eigenvalue weighted by Gasteiger charge is -2.09. The molecule has 1 aromatic carbocycles. The number of nitrogens with one attached hydrogen (secondary N) is 2. The van der Waals surface area contributed by atoms with Crippen molar-refractivity contribution in [2.24, 2.45) is 0 Å². The van der Waals surface area contributed by atoms with E-state index in [1.807, 2.05) is 0 Å². The van der Waals surface area contributed by atoms with Gasteiger partial charge in [-0.15, -0.1) is 0 Å². The molecule has 0 spiro atoms. The Morgan fingerprint density at radius 2 is 2.20 bits per heavy atom. The number of non-ortho nitro benzene ring substituents is 1. The van der Waals surface area contributed by atoms with Crippen molar-refractivity contribution in [1.29, 1.82) is 0 Å². The average molecular weight is 282 g/mol. The number of ether oxygens (including phenoxy) is 1. The molecule has 0 saturated heterocycles. The molecule has 0 saturated carbocycles. The number of benzene rings is 1. The van der Waals surface area contributed by atoms with Crippen LogP contribution in [-0.2, 0) is 9.53 Å². The summed E-state index contributed by atoms with van der Waals surface area (Å²) in [6.45, 7) is 1.32. The maximum atomic E-state index is 11.4. The van der Waals surface area contributed by atoms with Gasteiger partial charge in [-0.25, -0.2) is 0 Å². The zero-order valence-electron chi connectivity index (χ0n) is 11.2. The van der Waals surface area contributed by atoms with E-state index >= 15 is 0 Å². The number of nitrogen functional groups attached to an aromatic ring is 1. The molecule has 0 unspecified atom stereocenters. The van der Waals surface area contributed by atoms with Crippen LogP contribution in [0.1, 0.15) is 6.42 Å². The van der Waals surface area contributed by atoms with E-state index in [1.54, 1.807) is 7.11 Å². The fraction of sp³-hybridized carbons (Fsp3) is 0.417. The summed E-state index contributed by atoms with van der Waals surface area (Å²) in [5.74, 6) is -0.102. The minimum absolute atomic E-state index is 0.0645. The summed E-state index contributed by atoms with van der Waals surface area (Å²) in [7, 11) is 1.56. The molecule has 110 valence electrons. The van der Waals surface area contributed by atoms with Crippen LogP contribution in [0.3, 0.4) is 0 Å². The number of nitro benzene ring substituents is 1. The number of carbonyl (C=O) groups excluding carboxylic acids is 1. The predicted octanol–water partition coefficient (Wildman–Crippen LogP) is 0.742. The van der Waals surface area contributed by atoms with Crippen molar-refractivity contribution in [2.75, 3.05) is 37.9 Å². The Morgan fingerprint density at radius 3 is 2.80 bits per heavy atom. The molecule has 8 heteroatoms. The van der Waals surface area contributed by atoms with Crippen molar-refractivity contribution in [3.05, 3.63) is 28.3 Å². The van der Waals surface area contributed by atoms with Crippen LogP contribution in [0, 0.1) is 10.1 Å². The molecular weight excluding hydrogens is 264 g/mol. The van der Waals surface area contributed by atoms with Gasteiger partial charge in [-0.2, -0.15) is 0 Å². The van der Waals surface area contributed by atoms with Gasteiger partial charge >= 0.3 is 0 Å². The molecule has 0 heterocycles. The van der Waals surface area contributed by atoms with E-state index in [9.17, 15) is 14.9 Å². The van der Waals surface area contributed by atoms with Crippen molar-refractivity contribution in [1.82, 2.24) is 5.32 Å². The minimum Gasteiger partial charge on any atom is -0.397 e. The van der Waals surface area contributed by atoms with Crippen molar-refractivity contribution in [2.45, 2.75) is 6.42 Å². The van der Waals surface area contributed by atoms with E-state index in [-0.39, 0.29) is 23.7 Å². The van der Waals surface area contributed by atoms with Crippen molar-refractivity contribution >= 4 is 23.0 Å². The monoisotopic (exact) mass is 282 g/mol. The van der Waals surface area contributed by atoms with Gasteiger partial charge < -0.3 is 21.1 Å². The zero-order valence-corrected chi connectivity index (χ0v) is 11.2. The summed E-state index contributed by atoms with van der Waals surface area (Å²) >= 11 is 0. The van der Waals surface area contributed by atoms with Crippen LogP contribution in [0.15, 0.2) is 18.2 Å². The molecular formula is C12H18N4O4.